The summed E-state index contributed by atoms with van der Waals surface area (Å²) in [4.78, 5) is 12.0. The van der Waals surface area contributed by atoms with Crippen LogP contribution in [-0.4, -0.2) is 17.1 Å². The van der Waals surface area contributed by atoms with Gasteiger partial charge in [0.15, 0.2) is 10.9 Å². The topological polar surface area (TPSA) is 54.3 Å². The Kier molecular flexibility index (Phi) is 3.71. The number of hydrogen-bond acceptors (Lipinski definition) is 3. The molecule has 4 saturated carbocycles. The van der Waals surface area contributed by atoms with E-state index in [9.17, 15) is 4.79 Å². The smallest absolute Gasteiger partial charge is 0.293 e. The second-order valence-corrected chi connectivity index (χ2v) is 8.31. The van der Waals surface area contributed by atoms with Crippen LogP contribution in [0.15, 0.2) is 22.8 Å². The largest absolute Gasteiger partial charge is 0.459 e. The number of furan rings is 1. The van der Waals surface area contributed by atoms with E-state index in [1.807, 2.05) is 0 Å². The third-order valence-corrected chi connectivity index (χ3v) is 6.54. The highest BCUT2D eigenvalue weighted by Gasteiger charge is 2.53. The van der Waals surface area contributed by atoms with Crippen LogP contribution in [0.2, 0.25) is 0 Å². The summed E-state index contributed by atoms with van der Waals surface area (Å²) in [5, 5.41) is 6.53. The lowest BCUT2D eigenvalue weighted by atomic mass is 9.48. The van der Waals surface area contributed by atoms with Crippen molar-refractivity contribution in [3.63, 3.8) is 0 Å². The molecule has 5 rings (SSSR count). The Morgan fingerprint density at radius 3 is 2.39 bits per heavy atom. The predicted octanol–water partition coefficient (Wildman–Crippen LogP) is 3.49. The first-order valence-electron chi connectivity index (χ1n) is 8.69. The van der Waals surface area contributed by atoms with Gasteiger partial charge in [0.25, 0.3) is 5.91 Å². The van der Waals surface area contributed by atoms with Crippen LogP contribution in [0.25, 0.3) is 0 Å². The Morgan fingerprint density at radius 2 is 1.87 bits per heavy atom. The Morgan fingerprint density at radius 1 is 1.26 bits per heavy atom. The van der Waals surface area contributed by atoms with E-state index in [1.54, 1.807) is 12.1 Å². The fourth-order valence-electron chi connectivity index (χ4n) is 5.67. The molecule has 4 aliphatic rings. The highest BCUT2D eigenvalue weighted by atomic mass is 32.1. The zero-order valence-electron chi connectivity index (χ0n) is 13.5. The maximum Gasteiger partial charge on any atom is 0.293 e. The van der Waals surface area contributed by atoms with Crippen LogP contribution in [0, 0.1) is 23.2 Å². The molecule has 4 bridgehead atoms. The van der Waals surface area contributed by atoms with Gasteiger partial charge in [-0.1, -0.05) is 0 Å². The van der Waals surface area contributed by atoms with Gasteiger partial charge in [-0.3, -0.25) is 10.1 Å². The van der Waals surface area contributed by atoms with Crippen molar-refractivity contribution in [3.8, 4) is 0 Å². The van der Waals surface area contributed by atoms with E-state index >= 15 is 0 Å². The van der Waals surface area contributed by atoms with E-state index in [0.717, 1.165) is 17.8 Å². The number of carbonyl (C=O) groups excluding carboxylic acids is 1. The Bertz CT molecular complexity index is 575. The molecule has 1 aromatic rings. The molecule has 4 aliphatic carbocycles. The molecule has 23 heavy (non-hydrogen) atoms. The van der Waals surface area contributed by atoms with Gasteiger partial charge in [-0.05, 0) is 93.0 Å². The van der Waals surface area contributed by atoms with Gasteiger partial charge in [0, 0.05) is 6.04 Å². The molecule has 0 aromatic carbocycles. The minimum atomic E-state index is -0.287. The van der Waals surface area contributed by atoms with E-state index < -0.39 is 0 Å². The average molecular weight is 332 g/mol. The first kappa shape index (κ1) is 15.2. The first-order valence-corrected chi connectivity index (χ1v) is 9.10. The average Bonchev–Trinajstić information content (AvgIpc) is 2.99. The number of carbonyl (C=O) groups is 1. The molecule has 1 aromatic heterocycles. The van der Waals surface area contributed by atoms with Crippen molar-refractivity contribution in [1.82, 2.24) is 10.6 Å². The number of nitrogens with one attached hydrogen (secondary N) is 2. The standard InChI is InChI=1S/C18H24N2O2S/c1-11(19-17(23)20-16(21)15-3-2-4-22-15)18-8-12-5-13(9-18)7-14(6-12)10-18/h2-4,11-14H,5-10H2,1H3,(H2,19,20,21,23). The van der Waals surface area contributed by atoms with Gasteiger partial charge in [-0.15, -0.1) is 0 Å². The van der Waals surface area contributed by atoms with Crippen LogP contribution in [0.1, 0.15) is 56.0 Å². The zero-order valence-corrected chi connectivity index (χ0v) is 14.3. The Labute approximate surface area is 142 Å². The maximum absolute atomic E-state index is 12.0. The van der Waals surface area contributed by atoms with Crippen LogP contribution < -0.4 is 10.6 Å². The zero-order chi connectivity index (χ0) is 16.0. The van der Waals surface area contributed by atoms with Crippen molar-refractivity contribution in [2.45, 2.75) is 51.5 Å². The van der Waals surface area contributed by atoms with E-state index in [1.165, 1.54) is 44.8 Å². The fourth-order valence-corrected chi connectivity index (χ4v) is 5.94. The van der Waals surface area contributed by atoms with Gasteiger partial charge in [0.1, 0.15) is 0 Å². The summed E-state index contributed by atoms with van der Waals surface area (Å²) in [7, 11) is 0. The molecule has 4 nitrogen and oxygen atoms in total. The van der Waals surface area contributed by atoms with Crippen LogP contribution in [0.5, 0.6) is 0 Å². The molecule has 1 amide bonds. The number of hydrogen-bond donors (Lipinski definition) is 2. The van der Waals surface area contributed by atoms with E-state index in [2.05, 4.69) is 17.6 Å². The minimum absolute atomic E-state index is 0.287. The molecule has 0 spiro atoms. The van der Waals surface area contributed by atoms with Crippen molar-refractivity contribution in [2.75, 3.05) is 0 Å². The molecule has 1 unspecified atom stereocenters. The highest BCUT2D eigenvalue weighted by molar-refractivity contribution is 7.80. The minimum Gasteiger partial charge on any atom is -0.459 e. The van der Waals surface area contributed by atoms with E-state index in [0.29, 0.717) is 16.6 Å². The molecule has 5 heteroatoms. The molecular weight excluding hydrogens is 308 g/mol. The fraction of sp³-hybridized carbons (Fsp3) is 0.667. The second kappa shape index (κ2) is 5.62. The predicted molar refractivity (Wildman–Crippen MR) is 92.0 cm³/mol. The van der Waals surface area contributed by atoms with E-state index in [-0.39, 0.29) is 11.7 Å². The van der Waals surface area contributed by atoms with Gasteiger partial charge >= 0.3 is 0 Å². The van der Waals surface area contributed by atoms with Crippen molar-refractivity contribution in [2.24, 2.45) is 23.2 Å². The molecule has 4 fully saturated rings. The van der Waals surface area contributed by atoms with Crippen molar-refractivity contribution >= 4 is 23.2 Å². The first-order chi connectivity index (χ1) is 11.0. The Balaban J connectivity index is 1.39. The highest BCUT2D eigenvalue weighted by Crippen LogP contribution is 2.61. The number of amides is 1. The van der Waals surface area contributed by atoms with Gasteiger partial charge in [0.2, 0.25) is 0 Å². The molecule has 2 N–H and O–H groups in total. The summed E-state index contributed by atoms with van der Waals surface area (Å²) >= 11 is 5.35. The third-order valence-electron chi connectivity index (χ3n) is 6.32. The van der Waals surface area contributed by atoms with Crippen molar-refractivity contribution < 1.29 is 9.21 Å². The summed E-state index contributed by atoms with van der Waals surface area (Å²) in [5.74, 6) is 2.74. The summed E-state index contributed by atoms with van der Waals surface area (Å²) in [6.45, 7) is 2.23. The van der Waals surface area contributed by atoms with Crippen LogP contribution in [0.3, 0.4) is 0 Å². The van der Waals surface area contributed by atoms with Crippen LogP contribution in [-0.2, 0) is 0 Å². The number of thiocarbonyl (C=S) groups is 1. The van der Waals surface area contributed by atoms with Crippen molar-refractivity contribution in [3.05, 3.63) is 24.2 Å². The summed E-state index contributed by atoms with van der Waals surface area (Å²) in [5.41, 5.74) is 0.369. The molecular formula is C18H24N2O2S. The van der Waals surface area contributed by atoms with Crippen LogP contribution >= 0.6 is 12.2 Å². The number of rotatable bonds is 3. The SMILES string of the molecule is CC(NC(=S)NC(=O)c1ccco1)C12CC3CC(CC(C3)C1)C2. The normalized spacial score (nSPS) is 35.8. The molecule has 1 heterocycles. The summed E-state index contributed by atoms with van der Waals surface area (Å²) in [6, 6.07) is 3.64. The van der Waals surface area contributed by atoms with Gasteiger partial charge < -0.3 is 9.73 Å². The monoisotopic (exact) mass is 332 g/mol. The molecule has 124 valence electrons. The molecule has 0 radical (unpaired) electrons. The Hall–Kier alpha value is -1.36. The van der Waals surface area contributed by atoms with Gasteiger partial charge in [-0.2, -0.15) is 0 Å². The quantitative estimate of drug-likeness (QED) is 0.832. The lowest BCUT2D eigenvalue weighted by Gasteiger charge is -2.59. The second-order valence-electron chi connectivity index (χ2n) is 7.91. The maximum atomic E-state index is 12.0. The van der Waals surface area contributed by atoms with Crippen LogP contribution in [0.4, 0.5) is 0 Å². The van der Waals surface area contributed by atoms with Gasteiger partial charge in [0.05, 0.1) is 6.26 Å². The lowest BCUT2D eigenvalue weighted by Crippen LogP contribution is -2.57. The van der Waals surface area contributed by atoms with Gasteiger partial charge in [-0.25, -0.2) is 0 Å². The molecule has 1 atom stereocenters. The lowest BCUT2D eigenvalue weighted by molar-refractivity contribution is -0.0672. The molecule has 0 aliphatic heterocycles. The van der Waals surface area contributed by atoms with Crippen molar-refractivity contribution in [1.29, 1.82) is 0 Å². The van der Waals surface area contributed by atoms with E-state index in [4.69, 9.17) is 16.6 Å². The summed E-state index contributed by atoms with van der Waals surface area (Å²) < 4.78 is 5.10. The third kappa shape index (κ3) is 2.80. The molecule has 0 saturated heterocycles. The summed E-state index contributed by atoms with van der Waals surface area (Å²) in [6.07, 6.45) is 9.76.